The van der Waals surface area contributed by atoms with E-state index in [0.717, 1.165) is 5.75 Å². The molecule has 3 nitrogen and oxygen atoms in total. The maximum atomic E-state index is 11.6. The van der Waals surface area contributed by atoms with Crippen molar-refractivity contribution in [1.82, 2.24) is 0 Å². The van der Waals surface area contributed by atoms with Gasteiger partial charge in [0, 0.05) is 5.75 Å². The molecule has 1 heterocycles. The van der Waals surface area contributed by atoms with Crippen LogP contribution in [0.5, 0.6) is 0 Å². The van der Waals surface area contributed by atoms with E-state index in [2.05, 4.69) is 0 Å². The number of rotatable bonds is 3. The molecular weight excluding hydrogens is 200 g/mol. The molecule has 1 rings (SSSR count). The Kier molecular flexibility index (Phi) is 3.84. The molecule has 0 saturated carbocycles. The summed E-state index contributed by atoms with van der Waals surface area (Å²) in [6.45, 7) is 3.89. The smallest absolute Gasteiger partial charge is 0.311 e. The van der Waals surface area contributed by atoms with Gasteiger partial charge in [-0.05, 0) is 18.1 Å². The molecule has 0 bridgehead atoms. The predicted octanol–water partition coefficient (Wildman–Crippen LogP) is 1.30. The molecule has 0 aromatic heterocycles. The molecule has 0 aromatic rings. The molecular formula is C10H18O3S. The normalized spacial score (nSPS) is 29.2. The number of ether oxygens (including phenoxy) is 1. The number of carbonyl (C=O) groups is 1. The molecule has 14 heavy (non-hydrogen) atoms. The van der Waals surface area contributed by atoms with Crippen LogP contribution in [-0.2, 0) is 9.53 Å². The summed E-state index contributed by atoms with van der Waals surface area (Å²) in [5.41, 5.74) is -0.855. The molecule has 82 valence electrons. The van der Waals surface area contributed by atoms with Crippen LogP contribution in [0.15, 0.2) is 0 Å². The number of carbonyl (C=O) groups excluding carboxylic acids is 1. The van der Waals surface area contributed by atoms with Gasteiger partial charge in [0.1, 0.15) is 0 Å². The second-order valence-corrected chi connectivity index (χ2v) is 5.26. The molecule has 0 spiro atoms. The van der Waals surface area contributed by atoms with Crippen LogP contribution in [0.1, 0.15) is 20.3 Å². The van der Waals surface area contributed by atoms with Gasteiger partial charge in [-0.15, -0.1) is 0 Å². The number of hydrogen-bond acceptors (Lipinski definition) is 4. The van der Waals surface area contributed by atoms with Crippen LogP contribution in [0, 0.1) is 11.8 Å². The molecule has 0 radical (unpaired) electrons. The Bertz CT molecular complexity index is 209. The lowest BCUT2D eigenvalue weighted by molar-refractivity contribution is -0.157. The van der Waals surface area contributed by atoms with Crippen molar-refractivity contribution < 1.29 is 14.6 Å². The maximum Gasteiger partial charge on any atom is 0.311 e. The Morgan fingerprint density at radius 3 is 2.57 bits per heavy atom. The van der Waals surface area contributed by atoms with E-state index in [1.807, 2.05) is 13.8 Å². The second kappa shape index (κ2) is 4.53. The standard InChI is InChI=1S/C10H18O3S/c1-7(2)8(9(11)13-3)10(12)4-5-14-6-10/h7-8,12H,4-6H2,1-3H3. The van der Waals surface area contributed by atoms with Gasteiger partial charge in [-0.1, -0.05) is 13.8 Å². The van der Waals surface area contributed by atoms with Crippen molar-refractivity contribution in [3.05, 3.63) is 0 Å². The first-order valence-electron chi connectivity index (χ1n) is 4.89. The van der Waals surface area contributed by atoms with Gasteiger partial charge in [-0.3, -0.25) is 4.79 Å². The first kappa shape index (κ1) is 11.9. The molecule has 0 aliphatic carbocycles. The average molecular weight is 218 g/mol. The largest absolute Gasteiger partial charge is 0.469 e. The van der Waals surface area contributed by atoms with E-state index in [9.17, 15) is 9.90 Å². The second-order valence-electron chi connectivity index (χ2n) is 4.15. The number of aliphatic hydroxyl groups is 1. The van der Waals surface area contributed by atoms with Crippen molar-refractivity contribution in [3.8, 4) is 0 Å². The molecule has 0 amide bonds. The van der Waals surface area contributed by atoms with E-state index in [4.69, 9.17) is 4.74 Å². The van der Waals surface area contributed by atoms with Gasteiger partial charge < -0.3 is 9.84 Å². The van der Waals surface area contributed by atoms with Gasteiger partial charge in [0.05, 0.1) is 18.6 Å². The van der Waals surface area contributed by atoms with Crippen LogP contribution in [0.3, 0.4) is 0 Å². The minimum Gasteiger partial charge on any atom is -0.469 e. The summed E-state index contributed by atoms with van der Waals surface area (Å²) in [4.78, 5) is 11.6. The molecule has 1 aliphatic heterocycles. The molecule has 4 heteroatoms. The summed E-state index contributed by atoms with van der Waals surface area (Å²) in [7, 11) is 1.38. The summed E-state index contributed by atoms with van der Waals surface area (Å²) in [5.74, 6) is 1.01. The van der Waals surface area contributed by atoms with Gasteiger partial charge >= 0.3 is 5.97 Å². The Balaban J connectivity index is 2.81. The van der Waals surface area contributed by atoms with Gasteiger partial charge in [-0.2, -0.15) is 11.8 Å². The minimum absolute atomic E-state index is 0.117. The van der Waals surface area contributed by atoms with Crippen LogP contribution in [0.4, 0.5) is 0 Å². The highest BCUT2D eigenvalue weighted by Gasteiger charge is 2.46. The van der Waals surface area contributed by atoms with Crippen molar-refractivity contribution in [2.75, 3.05) is 18.6 Å². The van der Waals surface area contributed by atoms with Gasteiger partial charge in [-0.25, -0.2) is 0 Å². The third-order valence-corrected chi connectivity index (χ3v) is 3.93. The number of esters is 1. The summed E-state index contributed by atoms with van der Waals surface area (Å²) in [6, 6.07) is 0. The van der Waals surface area contributed by atoms with Crippen LogP contribution in [0.25, 0.3) is 0 Å². The van der Waals surface area contributed by atoms with Crippen molar-refractivity contribution in [2.24, 2.45) is 11.8 Å². The number of methoxy groups -OCH3 is 1. The van der Waals surface area contributed by atoms with E-state index in [0.29, 0.717) is 12.2 Å². The summed E-state index contributed by atoms with van der Waals surface area (Å²) < 4.78 is 4.74. The van der Waals surface area contributed by atoms with Crippen LogP contribution < -0.4 is 0 Å². The molecule has 1 saturated heterocycles. The zero-order chi connectivity index (χ0) is 10.8. The molecule has 0 aromatic carbocycles. The van der Waals surface area contributed by atoms with Crippen molar-refractivity contribution in [1.29, 1.82) is 0 Å². The summed E-state index contributed by atoms with van der Waals surface area (Å²) >= 11 is 1.70. The highest BCUT2D eigenvalue weighted by Crippen LogP contribution is 2.38. The Morgan fingerprint density at radius 1 is 1.57 bits per heavy atom. The van der Waals surface area contributed by atoms with Crippen molar-refractivity contribution >= 4 is 17.7 Å². The van der Waals surface area contributed by atoms with Gasteiger partial charge in [0.25, 0.3) is 0 Å². The molecule has 1 aliphatic rings. The zero-order valence-electron chi connectivity index (χ0n) is 8.95. The maximum absolute atomic E-state index is 11.6. The summed E-state index contributed by atoms with van der Waals surface area (Å²) in [6.07, 6.45) is 0.690. The van der Waals surface area contributed by atoms with E-state index in [1.54, 1.807) is 11.8 Å². The molecule has 2 unspecified atom stereocenters. The lowest BCUT2D eigenvalue weighted by atomic mass is 9.79. The van der Waals surface area contributed by atoms with E-state index >= 15 is 0 Å². The van der Waals surface area contributed by atoms with Crippen LogP contribution in [-0.4, -0.2) is 35.3 Å². The monoisotopic (exact) mass is 218 g/mol. The Labute approximate surface area is 89.2 Å². The quantitative estimate of drug-likeness (QED) is 0.725. The predicted molar refractivity (Wildman–Crippen MR) is 57.2 cm³/mol. The van der Waals surface area contributed by atoms with E-state index in [1.165, 1.54) is 7.11 Å². The lowest BCUT2D eigenvalue weighted by Crippen LogP contribution is -2.45. The molecule has 1 N–H and O–H groups in total. The van der Waals surface area contributed by atoms with E-state index in [-0.39, 0.29) is 17.8 Å². The van der Waals surface area contributed by atoms with Crippen molar-refractivity contribution in [2.45, 2.75) is 25.9 Å². The molecule has 1 fully saturated rings. The van der Waals surface area contributed by atoms with Crippen LogP contribution >= 0.6 is 11.8 Å². The fourth-order valence-corrected chi connectivity index (χ4v) is 3.37. The van der Waals surface area contributed by atoms with Gasteiger partial charge in [0.2, 0.25) is 0 Å². The lowest BCUT2D eigenvalue weighted by Gasteiger charge is -2.32. The number of thioether (sulfide) groups is 1. The number of hydrogen-bond donors (Lipinski definition) is 1. The SMILES string of the molecule is COC(=O)C(C(C)C)C1(O)CCSC1. The average Bonchev–Trinajstić information content (AvgIpc) is 2.51. The topological polar surface area (TPSA) is 46.5 Å². The fraction of sp³-hybridized carbons (Fsp3) is 0.900. The van der Waals surface area contributed by atoms with Crippen LogP contribution in [0.2, 0.25) is 0 Å². The first-order chi connectivity index (χ1) is 6.51. The summed E-state index contributed by atoms with van der Waals surface area (Å²) in [5, 5.41) is 10.3. The van der Waals surface area contributed by atoms with Gasteiger partial charge in [0.15, 0.2) is 0 Å². The third kappa shape index (κ3) is 2.23. The fourth-order valence-electron chi connectivity index (χ4n) is 2.05. The first-order valence-corrected chi connectivity index (χ1v) is 6.04. The molecule has 2 atom stereocenters. The zero-order valence-corrected chi connectivity index (χ0v) is 9.76. The highest BCUT2D eigenvalue weighted by molar-refractivity contribution is 7.99. The Morgan fingerprint density at radius 2 is 2.21 bits per heavy atom. The third-order valence-electron chi connectivity index (χ3n) is 2.73. The highest BCUT2D eigenvalue weighted by atomic mass is 32.2. The Hall–Kier alpha value is -0.220. The minimum atomic E-state index is -0.855. The van der Waals surface area contributed by atoms with Crippen molar-refractivity contribution in [3.63, 3.8) is 0 Å². The van der Waals surface area contributed by atoms with E-state index < -0.39 is 5.60 Å².